The van der Waals surface area contributed by atoms with Gasteiger partial charge in [0.1, 0.15) is 0 Å². The van der Waals surface area contributed by atoms with Crippen molar-refractivity contribution in [3.05, 3.63) is 35.4 Å². The van der Waals surface area contributed by atoms with Crippen LogP contribution in [-0.2, 0) is 4.74 Å². The van der Waals surface area contributed by atoms with Gasteiger partial charge in [0.25, 0.3) is 0 Å². The Hall–Kier alpha value is -1.72. The Morgan fingerprint density at radius 1 is 0.923 bits per heavy atom. The van der Waals surface area contributed by atoms with Gasteiger partial charge in [-0.25, -0.2) is 9.59 Å². The Morgan fingerprint density at radius 2 is 1.31 bits per heavy atom. The zero-order chi connectivity index (χ0) is 9.84. The molecule has 0 fully saturated rings. The number of benzene rings is 1. The van der Waals surface area contributed by atoms with Crippen molar-refractivity contribution in [3.63, 3.8) is 0 Å². The van der Waals surface area contributed by atoms with E-state index in [4.69, 9.17) is 0 Å². The number of esters is 2. The van der Waals surface area contributed by atoms with Crippen LogP contribution in [0.25, 0.3) is 0 Å². The van der Waals surface area contributed by atoms with E-state index < -0.39 is 11.9 Å². The van der Waals surface area contributed by atoms with E-state index in [1.807, 2.05) is 0 Å². The number of hydrogen-bond acceptors (Lipinski definition) is 5. The maximum Gasteiger partial charge on any atom is 0.346 e. The molecule has 0 atom stereocenters. The van der Waals surface area contributed by atoms with Crippen LogP contribution in [0.1, 0.15) is 20.7 Å². The quantitative estimate of drug-likeness (QED) is 0.250. The maximum atomic E-state index is 10.8. The number of ether oxygens (including phenoxy) is 1. The van der Waals surface area contributed by atoms with Gasteiger partial charge >= 0.3 is 11.9 Å². The second-order valence-electron chi connectivity index (χ2n) is 2.22. The van der Waals surface area contributed by atoms with Gasteiger partial charge in [-0.3, -0.25) is 11.7 Å². The minimum Gasteiger partial charge on any atom is -0.386 e. The molecule has 5 heteroatoms. The van der Waals surface area contributed by atoms with E-state index >= 15 is 0 Å². The van der Waals surface area contributed by atoms with Gasteiger partial charge < -0.3 is 4.74 Å². The number of cyclic esters (lactones) is 2. The van der Waals surface area contributed by atoms with Crippen molar-refractivity contribution < 1.29 is 14.3 Å². The highest BCUT2D eigenvalue weighted by Gasteiger charge is 2.28. The first-order valence-corrected chi connectivity index (χ1v) is 3.48. The lowest BCUT2D eigenvalue weighted by atomic mass is 10.1. The van der Waals surface area contributed by atoms with Crippen LogP contribution in [0.3, 0.4) is 0 Å². The molecule has 4 N–H and O–H groups in total. The van der Waals surface area contributed by atoms with E-state index in [9.17, 15) is 9.59 Å². The number of fused-ring (bicyclic) bond motifs is 1. The number of hydrazine groups is 1. The van der Waals surface area contributed by atoms with Gasteiger partial charge in [-0.2, -0.15) is 0 Å². The second kappa shape index (κ2) is 3.79. The lowest BCUT2D eigenvalue weighted by Crippen LogP contribution is -2.02. The van der Waals surface area contributed by atoms with Crippen molar-refractivity contribution in [1.82, 2.24) is 0 Å². The summed E-state index contributed by atoms with van der Waals surface area (Å²) in [6.07, 6.45) is 0. The van der Waals surface area contributed by atoms with Gasteiger partial charge in [0, 0.05) is 0 Å². The minimum atomic E-state index is -0.550. The molecule has 0 saturated carbocycles. The average molecular weight is 180 g/mol. The smallest absolute Gasteiger partial charge is 0.346 e. The van der Waals surface area contributed by atoms with Gasteiger partial charge in [-0.1, -0.05) is 12.1 Å². The van der Waals surface area contributed by atoms with Crippen LogP contribution in [0.4, 0.5) is 0 Å². The number of carbonyl (C=O) groups is 2. The lowest BCUT2D eigenvalue weighted by Gasteiger charge is -1.86. The predicted octanol–water partition coefficient (Wildman–Crippen LogP) is -0.184. The molecule has 2 rings (SSSR count). The first-order chi connectivity index (χ1) is 6.29. The van der Waals surface area contributed by atoms with Crippen LogP contribution in [0.15, 0.2) is 24.3 Å². The Morgan fingerprint density at radius 3 is 1.69 bits per heavy atom. The Balaban J connectivity index is 0.000000396. The fourth-order valence-corrected chi connectivity index (χ4v) is 1.03. The molecule has 0 bridgehead atoms. The summed E-state index contributed by atoms with van der Waals surface area (Å²) in [5.41, 5.74) is 0.718. The molecule has 0 spiro atoms. The third kappa shape index (κ3) is 1.56. The van der Waals surface area contributed by atoms with E-state index in [1.165, 1.54) is 0 Å². The van der Waals surface area contributed by atoms with Gasteiger partial charge in [0.2, 0.25) is 0 Å². The van der Waals surface area contributed by atoms with Crippen molar-refractivity contribution in [2.45, 2.75) is 0 Å². The molecule has 0 aliphatic carbocycles. The zero-order valence-electron chi connectivity index (χ0n) is 6.69. The molecule has 5 nitrogen and oxygen atoms in total. The summed E-state index contributed by atoms with van der Waals surface area (Å²) in [6, 6.07) is 6.53. The Bertz CT molecular complexity index is 316. The van der Waals surface area contributed by atoms with E-state index in [2.05, 4.69) is 16.4 Å². The van der Waals surface area contributed by atoms with Crippen molar-refractivity contribution in [2.24, 2.45) is 11.7 Å². The molecule has 13 heavy (non-hydrogen) atoms. The summed E-state index contributed by atoms with van der Waals surface area (Å²) in [7, 11) is 0. The molecule has 1 aromatic rings. The predicted molar refractivity (Wildman–Crippen MR) is 44.6 cm³/mol. The third-order valence-corrected chi connectivity index (χ3v) is 1.55. The molecular weight excluding hydrogens is 172 g/mol. The fourth-order valence-electron chi connectivity index (χ4n) is 1.03. The van der Waals surface area contributed by atoms with E-state index in [0.29, 0.717) is 11.1 Å². The SMILES string of the molecule is NN.O=C1OC(=O)c2ccccc21. The molecule has 0 unspecified atom stereocenters. The van der Waals surface area contributed by atoms with E-state index in [0.717, 1.165) is 0 Å². The first-order valence-electron chi connectivity index (χ1n) is 3.48. The first kappa shape index (κ1) is 9.37. The highest BCUT2D eigenvalue weighted by Crippen LogP contribution is 2.18. The highest BCUT2D eigenvalue weighted by atomic mass is 16.6. The summed E-state index contributed by atoms with van der Waals surface area (Å²) in [4.78, 5) is 21.7. The molecule has 0 aromatic heterocycles. The normalized spacial score (nSPS) is 12.8. The number of nitrogens with two attached hydrogens (primary N) is 2. The van der Waals surface area contributed by atoms with Gasteiger partial charge in [0.15, 0.2) is 0 Å². The number of hydrogen-bond donors (Lipinski definition) is 2. The fraction of sp³-hybridized carbons (Fsp3) is 0. The summed E-state index contributed by atoms with van der Waals surface area (Å²) in [6.45, 7) is 0. The van der Waals surface area contributed by atoms with Crippen molar-refractivity contribution in [3.8, 4) is 0 Å². The van der Waals surface area contributed by atoms with Crippen LogP contribution in [-0.4, -0.2) is 11.9 Å². The standard InChI is InChI=1S/C8H4O3.H4N2/c9-7-5-3-1-2-4-6(5)8(10)11-7;1-2/h1-4H;1-2H2. The summed E-state index contributed by atoms with van der Waals surface area (Å²) < 4.78 is 4.35. The minimum absolute atomic E-state index is 0.359. The van der Waals surface area contributed by atoms with E-state index in [1.54, 1.807) is 24.3 Å². The Labute approximate surface area is 74.2 Å². The molecular formula is C8H8N2O3. The second-order valence-corrected chi connectivity index (χ2v) is 2.22. The third-order valence-electron chi connectivity index (χ3n) is 1.55. The zero-order valence-corrected chi connectivity index (χ0v) is 6.69. The van der Waals surface area contributed by atoms with Crippen molar-refractivity contribution in [1.29, 1.82) is 0 Å². The molecule has 0 saturated heterocycles. The molecule has 1 aliphatic heterocycles. The topological polar surface area (TPSA) is 95.4 Å². The van der Waals surface area contributed by atoms with Crippen LogP contribution in [0.2, 0.25) is 0 Å². The molecule has 0 radical (unpaired) electrons. The van der Waals surface area contributed by atoms with E-state index in [-0.39, 0.29) is 0 Å². The Kier molecular flexibility index (Phi) is 2.73. The number of rotatable bonds is 0. The lowest BCUT2D eigenvalue weighted by molar-refractivity contribution is 0.0444. The molecule has 68 valence electrons. The summed E-state index contributed by atoms with van der Waals surface area (Å²) >= 11 is 0. The van der Waals surface area contributed by atoms with Gasteiger partial charge in [-0.05, 0) is 12.1 Å². The van der Waals surface area contributed by atoms with Gasteiger partial charge in [0.05, 0.1) is 11.1 Å². The largest absolute Gasteiger partial charge is 0.386 e. The monoisotopic (exact) mass is 180 g/mol. The van der Waals surface area contributed by atoms with Crippen LogP contribution in [0, 0.1) is 0 Å². The average Bonchev–Trinajstić information content (AvgIpc) is 2.47. The highest BCUT2D eigenvalue weighted by molar-refractivity contribution is 6.14. The summed E-state index contributed by atoms with van der Waals surface area (Å²) in [5, 5.41) is 0. The van der Waals surface area contributed by atoms with Crippen LogP contribution >= 0.6 is 0 Å². The van der Waals surface area contributed by atoms with Crippen molar-refractivity contribution >= 4 is 11.9 Å². The van der Waals surface area contributed by atoms with Crippen molar-refractivity contribution in [2.75, 3.05) is 0 Å². The molecule has 1 aliphatic rings. The summed E-state index contributed by atoms with van der Waals surface area (Å²) in [5.74, 6) is 6.90. The molecule has 1 aromatic carbocycles. The molecule has 1 heterocycles. The number of carbonyl (C=O) groups excluding carboxylic acids is 2. The maximum absolute atomic E-state index is 10.8. The van der Waals surface area contributed by atoms with Crippen LogP contribution in [0.5, 0.6) is 0 Å². The van der Waals surface area contributed by atoms with Gasteiger partial charge in [-0.15, -0.1) is 0 Å². The molecule has 0 amide bonds. The van der Waals surface area contributed by atoms with Crippen LogP contribution < -0.4 is 11.7 Å².